The third kappa shape index (κ3) is 3.79. The van der Waals surface area contributed by atoms with Gasteiger partial charge in [0.05, 0.1) is 12.8 Å². The highest BCUT2D eigenvalue weighted by molar-refractivity contribution is 5.42. The summed E-state index contributed by atoms with van der Waals surface area (Å²) in [5, 5.41) is 21.1. The standard InChI is InChI=1S/C23H32N2O3/c1-17(2)18-6-8-19(9-7-18)23(27,22(3)15-25(4)16-22)20-12-21(14-24-13-20)28-11-5-10-26/h6-9,12-14,17,26-27H,5,10-11,15-16H2,1-4H3/t23-/m0/s1. The van der Waals surface area contributed by atoms with Crippen molar-refractivity contribution >= 4 is 0 Å². The molecule has 1 fully saturated rings. The Balaban J connectivity index is 2.01. The van der Waals surface area contributed by atoms with Gasteiger partial charge in [0.1, 0.15) is 11.4 Å². The summed E-state index contributed by atoms with van der Waals surface area (Å²) >= 11 is 0. The second kappa shape index (κ2) is 8.19. The summed E-state index contributed by atoms with van der Waals surface area (Å²) < 4.78 is 5.71. The molecule has 0 amide bonds. The zero-order chi connectivity index (χ0) is 20.4. The molecule has 28 heavy (non-hydrogen) atoms. The van der Waals surface area contributed by atoms with Crippen LogP contribution in [0.4, 0.5) is 0 Å². The Labute approximate surface area is 168 Å². The first-order valence-electron chi connectivity index (χ1n) is 10.0. The van der Waals surface area contributed by atoms with Crippen molar-refractivity contribution in [2.75, 3.05) is 33.4 Å². The van der Waals surface area contributed by atoms with Gasteiger partial charge in [-0.25, -0.2) is 0 Å². The molecule has 0 bridgehead atoms. The summed E-state index contributed by atoms with van der Waals surface area (Å²) in [7, 11) is 2.07. The second-order valence-corrected chi connectivity index (χ2v) is 8.56. The maximum absolute atomic E-state index is 12.1. The lowest BCUT2D eigenvalue weighted by Crippen LogP contribution is -2.63. The van der Waals surface area contributed by atoms with Crippen LogP contribution in [0, 0.1) is 5.41 Å². The predicted molar refractivity (Wildman–Crippen MR) is 111 cm³/mol. The number of aliphatic hydroxyl groups is 2. The van der Waals surface area contributed by atoms with E-state index in [0.29, 0.717) is 24.7 Å². The number of hydrogen-bond donors (Lipinski definition) is 2. The minimum absolute atomic E-state index is 0.0870. The van der Waals surface area contributed by atoms with Crippen molar-refractivity contribution in [3.05, 3.63) is 59.4 Å². The lowest BCUT2D eigenvalue weighted by Gasteiger charge is -2.55. The van der Waals surface area contributed by atoms with Crippen molar-refractivity contribution < 1.29 is 14.9 Å². The van der Waals surface area contributed by atoms with Crippen LogP contribution in [0.15, 0.2) is 42.7 Å². The lowest BCUT2D eigenvalue weighted by molar-refractivity contribution is -0.127. The van der Waals surface area contributed by atoms with Crippen LogP contribution in [0.3, 0.4) is 0 Å². The summed E-state index contributed by atoms with van der Waals surface area (Å²) in [5.74, 6) is 1.05. The SMILES string of the molecule is CC(C)c1ccc([C@](O)(c2cncc(OCCCO)c2)C2(C)CN(C)C2)cc1. The van der Waals surface area contributed by atoms with Crippen LogP contribution in [-0.4, -0.2) is 53.4 Å². The average Bonchev–Trinajstić information content (AvgIpc) is 2.66. The van der Waals surface area contributed by atoms with E-state index in [2.05, 4.69) is 49.8 Å². The number of rotatable bonds is 8. The molecule has 152 valence electrons. The Bertz CT molecular complexity index is 785. The Morgan fingerprint density at radius 3 is 2.43 bits per heavy atom. The molecule has 1 aromatic carbocycles. The van der Waals surface area contributed by atoms with Crippen molar-refractivity contribution in [3.63, 3.8) is 0 Å². The van der Waals surface area contributed by atoms with Crippen molar-refractivity contribution in [2.24, 2.45) is 5.41 Å². The smallest absolute Gasteiger partial charge is 0.137 e. The Morgan fingerprint density at radius 2 is 1.86 bits per heavy atom. The normalized spacial score (nSPS) is 18.5. The molecule has 3 rings (SSSR count). The average molecular weight is 385 g/mol. The maximum Gasteiger partial charge on any atom is 0.137 e. The van der Waals surface area contributed by atoms with Crippen LogP contribution < -0.4 is 4.74 Å². The number of benzene rings is 1. The Morgan fingerprint density at radius 1 is 1.18 bits per heavy atom. The van der Waals surface area contributed by atoms with Gasteiger partial charge in [0.15, 0.2) is 0 Å². The monoisotopic (exact) mass is 384 g/mol. The maximum atomic E-state index is 12.1. The van der Waals surface area contributed by atoms with Crippen molar-refractivity contribution in [3.8, 4) is 5.75 Å². The van der Waals surface area contributed by atoms with Gasteiger partial charge >= 0.3 is 0 Å². The van der Waals surface area contributed by atoms with Crippen LogP contribution in [0.2, 0.25) is 0 Å². The fourth-order valence-electron chi connectivity index (χ4n) is 4.30. The van der Waals surface area contributed by atoms with Crippen LogP contribution in [0.1, 0.15) is 49.8 Å². The Hall–Kier alpha value is -1.95. The highest BCUT2D eigenvalue weighted by Gasteiger charge is 2.55. The highest BCUT2D eigenvalue weighted by atomic mass is 16.5. The molecule has 0 saturated carbocycles. The van der Waals surface area contributed by atoms with E-state index in [9.17, 15) is 5.11 Å². The fourth-order valence-corrected chi connectivity index (χ4v) is 4.30. The molecule has 0 spiro atoms. The number of ether oxygens (including phenoxy) is 1. The second-order valence-electron chi connectivity index (χ2n) is 8.56. The number of hydrogen-bond acceptors (Lipinski definition) is 5. The molecule has 0 unspecified atom stereocenters. The van der Waals surface area contributed by atoms with E-state index in [4.69, 9.17) is 9.84 Å². The first-order chi connectivity index (χ1) is 13.3. The third-order valence-corrected chi connectivity index (χ3v) is 5.81. The van der Waals surface area contributed by atoms with Crippen LogP contribution in [0.5, 0.6) is 5.75 Å². The van der Waals surface area contributed by atoms with E-state index in [1.165, 1.54) is 5.56 Å². The third-order valence-electron chi connectivity index (χ3n) is 5.81. The summed E-state index contributed by atoms with van der Waals surface area (Å²) in [6.07, 6.45) is 3.95. The largest absolute Gasteiger partial charge is 0.492 e. The molecule has 1 atom stereocenters. The number of pyridine rings is 1. The van der Waals surface area contributed by atoms with E-state index in [0.717, 1.165) is 24.2 Å². The molecule has 1 aromatic heterocycles. The molecule has 5 heteroatoms. The van der Waals surface area contributed by atoms with E-state index < -0.39 is 5.60 Å². The van der Waals surface area contributed by atoms with Gasteiger partial charge in [-0.15, -0.1) is 0 Å². The number of likely N-dealkylation sites (tertiary alicyclic amines) is 1. The van der Waals surface area contributed by atoms with Crippen molar-refractivity contribution in [1.82, 2.24) is 9.88 Å². The van der Waals surface area contributed by atoms with Gasteiger partial charge < -0.3 is 19.8 Å². The van der Waals surface area contributed by atoms with Gasteiger partial charge in [-0.3, -0.25) is 4.98 Å². The number of nitrogens with zero attached hydrogens (tertiary/aromatic N) is 2. The van der Waals surface area contributed by atoms with E-state index in [1.807, 2.05) is 18.2 Å². The molecule has 0 aliphatic carbocycles. The molecular weight excluding hydrogens is 352 g/mol. The van der Waals surface area contributed by atoms with Gasteiger partial charge in [-0.05, 0) is 30.2 Å². The zero-order valence-corrected chi connectivity index (χ0v) is 17.4. The van der Waals surface area contributed by atoms with Gasteiger partial charge in [-0.1, -0.05) is 45.0 Å². The zero-order valence-electron chi connectivity index (χ0n) is 17.4. The molecule has 2 N–H and O–H groups in total. The molecule has 5 nitrogen and oxygen atoms in total. The predicted octanol–water partition coefficient (Wildman–Crippen LogP) is 3.15. The van der Waals surface area contributed by atoms with E-state index in [1.54, 1.807) is 12.4 Å². The van der Waals surface area contributed by atoms with Gasteiger partial charge in [-0.2, -0.15) is 0 Å². The minimum atomic E-state index is -1.17. The molecule has 0 radical (unpaired) electrons. The Kier molecular flexibility index (Phi) is 6.08. The minimum Gasteiger partial charge on any atom is -0.492 e. The van der Waals surface area contributed by atoms with Gasteiger partial charge in [0.2, 0.25) is 0 Å². The van der Waals surface area contributed by atoms with Crippen LogP contribution in [0.25, 0.3) is 0 Å². The summed E-state index contributed by atoms with van der Waals surface area (Å²) in [6, 6.07) is 10.2. The first-order valence-corrected chi connectivity index (χ1v) is 10.0. The first kappa shape index (κ1) is 20.8. The summed E-state index contributed by atoms with van der Waals surface area (Å²) in [5.41, 5.74) is 1.37. The van der Waals surface area contributed by atoms with Crippen molar-refractivity contribution in [2.45, 2.75) is 38.7 Å². The summed E-state index contributed by atoms with van der Waals surface area (Å²) in [4.78, 5) is 6.54. The van der Waals surface area contributed by atoms with Crippen molar-refractivity contribution in [1.29, 1.82) is 0 Å². The quantitative estimate of drug-likeness (QED) is 0.685. The highest BCUT2D eigenvalue weighted by Crippen LogP contribution is 2.50. The summed E-state index contributed by atoms with van der Waals surface area (Å²) in [6.45, 7) is 8.56. The van der Waals surface area contributed by atoms with E-state index >= 15 is 0 Å². The fraction of sp³-hybridized carbons (Fsp3) is 0.522. The van der Waals surface area contributed by atoms with Crippen LogP contribution >= 0.6 is 0 Å². The van der Waals surface area contributed by atoms with Gasteiger partial charge in [0, 0.05) is 43.3 Å². The molecule has 1 aliphatic rings. The number of aliphatic hydroxyl groups excluding tert-OH is 1. The topological polar surface area (TPSA) is 65.8 Å². The van der Waals surface area contributed by atoms with E-state index in [-0.39, 0.29) is 12.0 Å². The lowest BCUT2D eigenvalue weighted by atomic mass is 9.62. The van der Waals surface area contributed by atoms with Gasteiger partial charge in [0.25, 0.3) is 0 Å². The molecule has 2 aromatic rings. The molecular formula is C23H32N2O3. The molecule has 2 heterocycles. The number of aromatic nitrogens is 1. The molecule has 1 saturated heterocycles. The molecule has 1 aliphatic heterocycles. The van der Waals surface area contributed by atoms with Crippen LogP contribution in [-0.2, 0) is 5.60 Å².